The zero-order chi connectivity index (χ0) is 12.1. The summed E-state index contributed by atoms with van der Waals surface area (Å²) in [6.45, 7) is -0.319. The normalized spacial score (nSPS) is 13.4. The summed E-state index contributed by atoms with van der Waals surface area (Å²) in [5, 5.41) is 0. The number of likely N-dealkylation sites (N-methyl/N-ethyl adjacent to an activating group) is 1. The minimum Gasteiger partial charge on any atom is -0.329 e. The fourth-order valence-electron chi connectivity index (χ4n) is 1.63. The predicted octanol–water partition coefficient (Wildman–Crippen LogP) is 2.02. The fourth-order valence-corrected chi connectivity index (χ4v) is 1.63. The van der Waals surface area contributed by atoms with Gasteiger partial charge >= 0.3 is 0 Å². The van der Waals surface area contributed by atoms with Gasteiger partial charge in [0.1, 0.15) is 5.82 Å². The monoisotopic (exact) mass is 232 g/mol. The Morgan fingerprint density at radius 3 is 2.44 bits per heavy atom. The van der Waals surface area contributed by atoms with Crippen LogP contribution in [0.5, 0.6) is 0 Å². The standard InChI is InChI=1S/C11H15F3N2/c1-16(7-11(13)14)10(6-15)8-4-2-3-5-9(8)12/h2-5,10-11H,6-7,15H2,1H3. The van der Waals surface area contributed by atoms with Crippen LogP contribution in [0.3, 0.4) is 0 Å². The maximum atomic E-state index is 13.5. The van der Waals surface area contributed by atoms with E-state index >= 15 is 0 Å². The van der Waals surface area contributed by atoms with Gasteiger partial charge < -0.3 is 5.73 Å². The van der Waals surface area contributed by atoms with Crippen LogP contribution >= 0.6 is 0 Å². The molecule has 1 aromatic rings. The number of halogens is 3. The van der Waals surface area contributed by atoms with Crippen molar-refractivity contribution < 1.29 is 13.2 Å². The molecule has 0 saturated heterocycles. The van der Waals surface area contributed by atoms with E-state index in [-0.39, 0.29) is 6.54 Å². The molecular formula is C11H15F3N2. The van der Waals surface area contributed by atoms with E-state index in [9.17, 15) is 13.2 Å². The highest BCUT2D eigenvalue weighted by atomic mass is 19.3. The zero-order valence-electron chi connectivity index (χ0n) is 9.04. The minimum atomic E-state index is -2.45. The second-order valence-corrected chi connectivity index (χ2v) is 3.60. The molecule has 16 heavy (non-hydrogen) atoms. The first kappa shape index (κ1) is 13.0. The lowest BCUT2D eigenvalue weighted by Gasteiger charge is -2.27. The Hall–Kier alpha value is -1.07. The van der Waals surface area contributed by atoms with Crippen LogP contribution in [0, 0.1) is 5.82 Å². The third-order valence-electron chi connectivity index (χ3n) is 2.45. The molecule has 1 atom stereocenters. The van der Waals surface area contributed by atoms with Crippen molar-refractivity contribution in [1.29, 1.82) is 0 Å². The third-order valence-corrected chi connectivity index (χ3v) is 2.45. The van der Waals surface area contributed by atoms with Crippen molar-refractivity contribution in [2.45, 2.75) is 12.5 Å². The number of hydrogen-bond donors (Lipinski definition) is 1. The molecular weight excluding hydrogens is 217 g/mol. The van der Waals surface area contributed by atoms with Crippen LogP contribution in [-0.4, -0.2) is 31.5 Å². The molecule has 2 N–H and O–H groups in total. The molecule has 0 aromatic heterocycles. The van der Waals surface area contributed by atoms with Gasteiger partial charge in [-0.1, -0.05) is 18.2 Å². The SMILES string of the molecule is CN(CC(F)F)C(CN)c1ccccc1F. The smallest absolute Gasteiger partial charge is 0.251 e. The Bertz CT molecular complexity index is 331. The molecule has 0 saturated carbocycles. The Labute approximate surface area is 92.9 Å². The Balaban J connectivity index is 2.86. The van der Waals surface area contributed by atoms with E-state index in [1.54, 1.807) is 18.2 Å². The van der Waals surface area contributed by atoms with Crippen molar-refractivity contribution in [1.82, 2.24) is 4.90 Å². The van der Waals surface area contributed by atoms with Crippen LogP contribution in [0.15, 0.2) is 24.3 Å². The summed E-state index contributed by atoms with van der Waals surface area (Å²) in [5.74, 6) is -0.418. The third kappa shape index (κ3) is 3.21. The van der Waals surface area contributed by atoms with E-state index in [2.05, 4.69) is 0 Å². The minimum absolute atomic E-state index is 0.101. The lowest BCUT2D eigenvalue weighted by Crippen LogP contribution is -2.34. The number of nitrogens with two attached hydrogens (primary N) is 1. The topological polar surface area (TPSA) is 29.3 Å². The molecule has 1 aromatic carbocycles. The van der Waals surface area contributed by atoms with Crippen molar-refractivity contribution in [3.63, 3.8) is 0 Å². The zero-order valence-corrected chi connectivity index (χ0v) is 9.04. The largest absolute Gasteiger partial charge is 0.329 e. The lowest BCUT2D eigenvalue weighted by molar-refractivity contribution is 0.0814. The van der Waals surface area contributed by atoms with Gasteiger partial charge in [0.15, 0.2) is 0 Å². The van der Waals surface area contributed by atoms with E-state index in [1.165, 1.54) is 18.0 Å². The summed E-state index contributed by atoms with van der Waals surface area (Å²) in [6, 6.07) is 5.56. The Kier molecular flexibility index (Phi) is 4.76. The molecule has 0 fully saturated rings. The summed E-state index contributed by atoms with van der Waals surface area (Å²) < 4.78 is 37.9. The van der Waals surface area contributed by atoms with Gasteiger partial charge in [-0.15, -0.1) is 0 Å². The van der Waals surface area contributed by atoms with E-state index in [4.69, 9.17) is 5.73 Å². The summed E-state index contributed by atoms with van der Waals surface area (Å²) in [4.78, 5) is 1.36. The first-order chi connectivity index (χ1) is 7.56. The van der Waals surface area contributed by atoms with Gasteiger partial charge in [-0.2, -0.15) is 0 Å². The van der Waals surface area contributed by atoms with Gasteiger partial charge in [0, 0.05) is 18.2 Å². The molecule has 0 aliphatic heterocycles. The highest BCUT2D eigenvalue weighted by Crippen LogP contribution is 2.21. The van der Waals surface area contributed by atoms with Gasteiger partial charge in [0.25, 0.3) is 6.43 Å². The van der Waals surface area contributed by atoms with Crippen LogP contribution in [0.1, 0.15) is 11.6 Å². The molecule has 0 bridgehead atoms. The second-order valence-electron chi connectivity index (χ2n) is 3.60. The molecule has 0 amide bonds. The van der Waals surface area contributed by atoms with E-state index in [0.29, 0.717) is 5.56 Å². The van der Waals surface area contributed by atoms with Crippen LogP contribution in [-0.2, 0) is 0 Å². The molecule has 0 radical (unpaired) electrons. The van der Waals surface area contributed by atoms with Crippen molar-refractivity contribution in [2.24, 2.45) is 5.73 Å². The molecule has 0 heterocycles. The van der Waals surface area contributed by atoms with Crippen LogP contribution in [0.4, 0.5) is 13.2 Å². The molecule has 0 aliphatic carbocycles. The number of alkyl halides is 2. The van der Waals surface area contributed by atoms with Gasteiger partial charge in [0.05, 0.1) is 6.54 Å². The Morgan fingerprint density at radius 1 is 1.31 bits per heavy atom. The number of benzene rings is 1. The molecule has 0 spiro atoms. The summed E-state index contributed by atoms with van der Waals surface area (Å²) >= 11 is 0. The van der Waals surface area contributed by atoms with Gasteiger partial charge in [-0.25, -0.2) is 13.2 Å². The van der Waals surface area contributed by atoms with Crippen molar-refractivity contribution >= 4 is 0 Å². The molecule has 5 heteroatoms. The van der Waals surface area contributed by atoms with Gasteiger partial charge in [-0.3, -0.25) is 4.90 Å². The fraction of sp³-hybridized carbons (Fsp3) is 0.455. The molecule has 90 valence electrons. The molecule has 0 aliphatic rings. The van der Waals surface area contributed by atoms with Gasteiger partial charge in [0.2, 0.25) is 0 Å². The van der Waals surface area contributed by atoms with E-state index < -0.39 is 24.8 Å². The van der Waals surface area contributed by atoms with Crippen molar-refractivity contribution in [3.05, 3.63) is 35.6 Å². The highest BCUT2D eigenvalue weighted by molar-refractivity contribution is 5.21. The second kappa shape index (κ2) is 5.86. The maximum absolute atomic E-state index is 13.5. The van der Waals surface area contributed by atoms with Crippen molar-refractivity contribution in [2.75, 3.05) is 20.1 Å². The summed E-state index contributed by atoms with van der Waals surface area (Å²) in [6.07, 6.45) is -2.45. The Morgan fingerprint density at radius 2 is 1.94 bits per heavy atom. The predicted molar refractivity (Wildman–Crippen MR) is 56.8 cm³/mol. The number of rotatable bonds is 5. The summed E-state index contributed by atoms with van der Waals surface area (Å²) in [5.41, 5.74) is 5.85. The summed E-state index contributed by atoms with van der Waals surface area (Å²) in [7, 11) is 1.51. The maximum Gasteiger partial charge on any atom is 0.251 e. The number of nitrogens with zero attached hydrogens (tertiary/aromatic N) is 1. The first-order valence-corrected chi connectivity index (χ1v) is 4.99. The average Bonchev–Trinajstić information content (AvgIpc) is 2.20. The van der Waals surface area contributed by atoms with Crippen LogP contribution in [0.25, 0.3) is 0 Å². The number of hydrogen-bond acceptors (Lipinski definition) is 2. The first-order valence-electron chi connectivity index (χ1n) is 4.99. The molecule has 2 nitrogen and oxygen atoms in total. The van der Waals surface area contributed by atoms with Crippen molar-refractivity contribution in [3.8, 4) is 0 Å². The van der Waals surface area contributed by atoms with E-state index in [1.807, 2.05) is 0 Å². The molecule has 1 rings (SSSR count). The molecule has 1 unspecified atom stereocenters. The van der Waals surface area contributed by atoms with E-state index in [0.717, 1.165) is 0 Å². The van der Waals surface area contributed by atoms with Crippen LogP contribution in [0.2, 0.25) is 0 Å². The van der Waals surface area contributed by atoms with Crippen LogP contribution < -0.4 is 5.73 Å². The van der Waals surface area contributed by atoms with Gasteiger partial charge in [-0.05, 0) is 13.1 Å². The highest BCUT2D eigenvalue weighted by Gasteiger charge is 2.20. The average molecular weight is 232 g/mol. The quantitative estimate of drug-likeness (QED) is 0.841. The lowest BCUT2D eigenvalue weighted by atomic mass is 10.1.